The maximum Gasteiger partial charge on any atom is 0.125 e. The molecule has 88 valence electrons. The van der Waals surface area contributed by atoms with Crippen molar-refractivity contribution in [1.82, 2.24) is 9.97 Å². The quantitative estimate of drug-likeness (QED) is 0.718. The Morgan fingerprint density at radius 3 is 2.72 bits per heavy atom. The Bertz CT molecular complexity index is 694. The fourth-order valence-electron chi connectivity index (χ4n) is 1.83. The van der Waals surface area contributed by atoms with Crippen LogP contribution in [0.25, 0.3) is 10.9 Å². The van der Waals surface area contributed by atoms with Crippen molar-refractivity contribution in [2.45, 2.75) is 0 Å². The van der Waals surface area contributed by atoms with E-state index in [0.29, 0.717) is 5.82 Å². The maximum absolute atomic E-state index is 5.64. The lowest BCUT2D eigenvalue weighted by Crippen LogP contribution is -1.94. The van der Waals surface area contributed by atoms with Crippen molar-refractivity contribution in [3.63, 3.8) is 0 Å². The minimum Gasteiger partial charge on any atom is -0.384 e. The van der Waals surface area contributed by atoms with Crippen LogP contribution >= 0.6 is 0 Å². The number of nitrogens with zero attached hydrogens (tertiary/aromatic N) is 2. The summed E-state index contributed by atoms with van der Waals surface area (Å²) in [6, 6.07) is 13.7. The molecule has 0 spiro atoms. The van der Waals surface area contributed by atoms with Crippen molar-refractivity contribution in [3.8, 4) is 0 Å². The summed E-state index contributed by atoms with van der Waals surface area (Å²) >= 11 is 0. The molecule has 0 aliphatic carbocycles. The van der Waals surface area contributed by atoms with Crippen LogP contribution in [0.5, 0.6) is 0 Å². The van der Waals surface area contributed by atoms with E-state index < -0.39 is 0 Å². The van der Waals surface area contributed by atoms with Gasteiger partial charge < -0.3 is 11.1 Å². The Hall–Kier alpha value is -2.62. The highest BCUT2D eigenvalue weighted by Crippen LogP contribution is 2.20. The molecule has 18 heavy (non-hydrogen) atoms. The summed E-state index contributed by atoms with van der Waals surface area (Å²) in [6.07, 6.45) is 3.48. The van der Waals surface area contributed by atoms with Gasteiger partial charge in [0.2, 0.25) is 0 Å². The average molecular weight is 236 g/mol. The van der Waals surface area contributed by atoms with Gasteiger partial charge in [0.05, 0.1) is 17.4 Å². The summed E-state index contributed by atoms with van der Waals surface area (Å²) in [6.45, 7) is 0. The molecule has 4 heteroatoms. The van der Waals surface area contributed by atoms with Gasteiger partial charge in [-0.15, -0.1) is 0 Å². The summed E-state index contributed by atoms with van der Waals surface area (Å²) in [7, 11) is 0. The Balaban J connectivity index is 1.95. The van der Waals surface area contributed by atoms with Crippen molar-refractivity contribution in [3.05, 3.63) is 54.9 Å². The van der Waals surface area contributed by atoms with Crippen molar-refractivity contribution in [2.24, 2.45) is 0 Å². The van der Waals surface area contributed by atoms with Crippen LogP contribution in [0.3, 0.4) is 0 Å². The van der Waals surface area contributed by atoms with E-state index in [1.807, 2.05) is 30.3 Å². The van der Waals surface area contributed by atoms with E-state index in [1.54, 1.807) is 18.5 Å². The summed E-state index contributed by atoms with van der Waals surface area (Å²) < 4.78 is 0. The monoisotopic (exact) mass is 236 g/mol. The molecule has 0 unspecified atom stereocenters. The number of aromatic nitrogens is 2. The lowest BCUT2D eigenvalue weighted by atomic mass is 10.2. The van der Waals surface area contributed by atoms with Crippen LogP contribution in [-0.2, 0) is 0 Å². The second-order valence-corrected chi connectivity index (χ2v) is 4.01. The molecule has 2 aromatic heterocycles. The zero-order valence-corrected chi connectivity index (χ0v) is 9.67. The molecule has 2 heterocycles. The number of nitrogen functional groups attached to an aromatic ring is 1. The topological polar surface area (TPSA) is 63.8 Å². The van der Waals surface area contributed by atoms with Gasteiger partial charge in [-0.1, -0.05) is 18.2 Å². The number of nitrogens with two attached hydrogens (primary N) is 1. The number of para-hydroxylation sites is 1. The van der Waals surface area contributed by atoms with E-state index in [1.165, 1.54) is 0 Å². The number of pyridine rings is 2. The van der Waals surface area contributed by atoms with Gasteiger partial charge in [0.25, 0.3) is 0 Å². The van der Waals surface area contributed by atoms with Crippen LogP contribution < -0.4 is 11.1 Å². The molecule has 0 fully saturated rings. The van der Waals surface area contributed by atoms with E-state index in [-0.39, 0.29) is 0 Å². The molecule has 0 atom stereocenters. The summed E-state index contributed by atoms with van der Waals surface area (Å²) in [4.78, 5) is 8.34. The van der Waals surface area contributed by atoms with Crippen molar-refractivity contribution in [1.29, 1.82) is 0 Å². The third-order valence-corrected chi connectivity index (χ3v) is 2.66. The first-order valence-corrected chi connectivity index (χ1v) is 5.65. The number of nitrogens with one attached hydrogen (secondary N) is 1. The normalized spacial score (nSPS) is 10.4. The van der Waals surface area contributed by atoms with Crippen LogP contribution in [0, 0.1) is 0 Å². The Kier molecular flexibility index (Phi) is 2.53. The number of hydrogen-bond donors (Lipinski definition) is 2. The highest BCUT2D eigenvalue weighted by atomic mass is 14.9. The predicted octanol–water partition coefficient (Wildman–Crippen LogP) is 2.96. The van der Waals surface area contributed by atoms with Crippen LogP contribution in [0.2, 0.25) is 0 Å². The van der Waals surface area contributed by atoms with E-state index in [4.69, 9.17) is 5.73 Å². The lowest BCUT2D eigenvalue weighted by Gasteiger charge is -2.07. The van der Waals surface area contributed by atoms with Gasteiger partial charge >= 0.3 is 0 Å². The van der Waals surface area contributed by atoms with Gasteiger partial charge in [-0.2, -0.15) is 0 Å². The first-order valence-electron chi connectivity index (χ1n) is 5.65. The second kappa shape index (κ2) is 4.33. The SMILES string of the molecule is Nc1cc(Nc2cnc3ccccc3c2)ccn1. The van der Waals surface area contributed by atoms with Crippen LogP contribution in [-0.4, -0.2) is 9.97 Å². The Labute approximate surface area is 104 Å². The average Bonchev–Trinajstić information content (AvgIpc) is 2.39. The fraction of sp³-hybridized carbons (Fsp3) is 0. The first-order chi connectivity index (χ1) is 8.81. The molecule has 0 amide bonds. The van der Waals surface area contributed by atoms with Gasteiger partial charge in [0.15, 0.2) is 0 Å². The smallest absolute Gasteiger partial charge is 0.125 e. The van der Waals surface area contributed by atoms with Gasteiger partial charge in [-0.25, -0.2) is 4.98 Å². The Morgan fingerprint density at radius 1 is 0.944 bits per heavy atom. The van der Waals surface area contributed by atoms with E-state index in [0.717, 1.165) is 22.3 Å². The number of benzene rings is 1. The minimum absolute atomic E-state index is 0.494. The van der Waals surface area contributed by atoms with Crippen molar-refractivity contribution < 1.29 is 0 Å². The lowest BCUT2D eigenvalue weighted by molar-refractivity contribution is 1.33. The molecule has 4 nitrogen and oxygen atoms in total. The number of rotatable bonds is 2. The maximum atomic E-state index is 5.64. The van der Waals surface area contributed by atoms with Crippen molar-refractivity contribution >= 4 is 28.1 Å². The highest BCUT2D eigenvalue weighted by Gasteiger charge is 1.98. The standard InChI is InChI=1S/C14H12N4/c15-14-8-11(5-6-16-14)18-12-7-10-3-1-2-4-13(10)17-9-12/h1-9H,(H3,15,16,18). The molecule has 0 saturated heterocycles. The summed E-state index contributed by atoms with van der Waals surface area (Å²) in [5.41, 5.74) is 8.45. The highest BCUT2D eigenvalue weighted by molar-refractivity contribution is 5.82. The molecule has 0 saturated carbocycles. The molecule has 0 radical (unpaired) electrons. The summed E-state index contributed by atoms with van der Waals surface area (Å²) in [5, 5.41) is 4.36. The van der Waals surface area contributed by atoms with Gasteiger partial charge in [-0.05, 0) is 18.2 Å². The second-order valence-electron chi connectivity index (χ2n) is 4.01. The number of fused-ring (bicyclic) bond motifs is 1. The van der Waals surface area contributed by atoms with Crippen molar-refractivity contribution in [2.75, 3.05) is 11.1 Å². The molecular formula is C14H12N4. The molecular weight excluding hydrogens is 224 g/mol. The van der Waals surface area contributed by atoms with E-state index >= 15 is 0 Å². The number of anilines is 3. The van der Waals surface area contributed by atoms with Crippen LogP contribution in [0.1, 0.15) is 0 Å². The van der Waals surface area contributed by atoms with Gasteiger partial charge in [-0.3, -0.25) is 4.98 Å². The Morgan fingerprint density at radius 2 is 1.83 bits per heavy atom. The molecule has 1 aromatic carbocycles. The fourth-order valence-corrected chi connectivity index (χ4v) is 1.83. The molecule has 3 aromatic rings. The van der Waals surface area contributed by atoms with Crippen LogP contribution in [0.4, 0.5) is 17.2 Å². The predicted molar refractivity (Wildman–Crippen MR) is 73.7 cm³/mol. The number of hydrogen-bond acceptors (Lipinski definition) is 4. The molecule has 0 aliphatic heterocycles. The van der Waals surface area contributed by atoms with Gasteiger partial charge in [0.1, 0.15) is 5.82 Å². The molecule has 0 aliphatic rings. The van der Waals surface area contributed by atoms with Crippen LogP contribution in [0.15, 0.2) is 54.9 Å². The van der Waals surface area contributed by atoms with E-state index in [2.05, 4.69) is 21.4 Å². The molecule has 0 bridgehead atoms. The third kappa shape index (κ3) is 2.08. The van der Waals surface area contributed by atoms with E-state index in [9.17, 15) is 0 Å². The third-order valence-electron chi connectivity index (χ3n) is 2.66. The largest absolute Gasteiger partial charge is 0.384 e. The minimum atomic E-state index is 0.494. The van der Waals surface area contributed by atoms with Gasteiger partial charge in [0, 0.05) is 23.3 Å². The zero-order valence-electron chi connectivity index (χ0n) is 9.67. The molecule has 3 N–H and O–H groups in total. The molecule has 3 rings (SSSR count). The first kappa shape index (κ1) is 10.5. The summed E-state index contributed by atoms with van der Waals surface area (Å²) in [5.74, 6) is 0.494. The zero-order chi connectivity index (χ0) is 12.4.